The molecule has 0 bridgehead atoms. The van der Waals surface area contributed by atoms with Crippen molar-refractivity contribution in [2.45, 2.75) is 50.7 Å². The van der Waals surface area contributed by atoms with Gasteiger partial charge in [-0.15, -0.1) is 13.2 Å². The smallest absolute Gasteiger partial charge is 0.366 e. The number of nitrogens with two attached hydrogens (primary N) is 1. The molecule has 4 atom stereocenters. The topological polar surface area (TPSA) is 109 Å². The van der Waals surface area contributed by atoms with E-state index >= 15 is 0 Å². The maximum atomic E-state index is 12.8. The third-order valence-electron chi connectivity index (χ3n) is 5.81. The molecular formula is C21H19F3N4O3. The molecule has 4 rings (SSSR count). The molecule has 162 valence electrons. The molecule has 2 fully saturated rings. The first kappa shape index (κ1) is 21.1. The molecule has 1 saturated heterocycles. The lowest BCUT2D eigenvalue weighted by Crippen LogP contribution is -2.38. The Hall–Kier alpha value is -3.19. The highest BCUT2D eigenvalue weighted by molar-refractivity contribution is 6.05. The van der Waals surface area contributed by atoms with Crippen LogP contribution in [0.4, 0.5) is 13.2 Å². The van der Waals surface area contributed by atoms with Crippen LogP contribution in [-0.4, -0.2) is 40.1 Å². The fourth-order valence-electron chi connectivity index (χ4n) is 4.29. The number of hydrogen-bond acceptors (Lipinski definition) is 5. The van der Waals surface area contributed by atoms with Crippen molar-refractivity contribution < 1.29 is 27.5 Å². The second kappa shape index (κ2) is 7.50. The van der Waals surface area contributed by atoms with Crippen molar-refractivity contribution in [1.29, 1.82) is 5.26 Å². The van der Waals surface area contributed by atoms with Crippen molar-refractivity contribution in [3.8, 4) is 6.07 Å². The zero-order chi connectivity index (χ0) is 22.5. The van der Waals surface area contributed by atoms with Gasteiger partial charge >= 0.3 is 6.36 Å². The van der Waals surface area contributed by atoms with Crippen LogP contribution in [0, 0.1) is 17.2 Å². The number of piperidine rings is 1. The molecule has 2 N–H and O–H groups in total. The van der Waals surface area contributed by atoms with E-state index in [2.05, 4.69) is 15.8 Å². The summed E-state index contributed by atoms with van der Waals surface area (Å²) in [5, 5.41) is 9.66. The fourth-order valence-corrected chi connectivity index (χ4v) is 4.29. The number of hydrogen-bond donors (Lipinski definition) is 1. The normalized spacial score (nSPS) is 23.3. The van der Waals surface area contributed by atoms with E-state index in [0.29, 0.717) is 17.7 Å². The summed E-state index contributed by atoms with van der Waals surface area (Å²) in [7, 11) is 0. The molecule has 0 radical (unpaired) electrons. The second-order valence-corrected chi connectivity index (χ2v) is 7.93. The predicted octanol–water partition coefficient (Wildman–Crippen LogP) is 2.99. The Morgan fingerprint density at radius 1 is 1.35 bits per heavy atom. The largest absolute Gasteiger partial charge is 0.523 e. The highest BCUT2D eigenvalue weighted by Crippen LogP contribution is 2.47. The van der Waals surface area contributed by atoms with E-state index in [1.54, 1.807) is 4.90 Å². The van der Waals surface area contributed by atoms with Crippen molar-refractivity contribution in [3.63, 3.8) is 0 Å². The summed E-state index contributed by atoms with van der Waals surface area (Å²) >= 11 is 0. The average molecular weight is 432 g/mol. The van der Waals surface area contributed by atoms with Gasteiger partial charge in [0.2, 0.25) is 11.8 Å². The SMILES string of the molecule is CC(OC(F)(F)F)c1ccc2c(C(N)=O)cc(CC(=O)N3[C@H](C#N)C[C@@H]4C[C@@H]43)nc2c1. The van der Waals surface area contributed by atoms with Crippen LogP contribution in [0.1, 0.15) is 47.5 Å². The molecule has 1 unspecified atom stereocenters. The molecule has 10 heteroatoms. The molecule has 7 nitrogen and oxygen atoms in total. The summed E-state index contributed by atoms with van der Waals surface area (Å²) in [6.45, 7) is 1.25. The molecule has 2 amide bonds. The predicted molar refractivity (Wildman–Crippen MR) is 102 cm³/mol. The number of alkyl halides is 3. The van der Waals surface area contributed by atoms with Crippen molar-refractivity contribution in [2.24, 2.45) is 11.7 Å². The maximum absolute atomic E-state index is 12.8. The van der Waals surface area contributed by atoms with Crippen LogP contribution in [0.2, 0.25) is 0 Å². The van der Waals surface area contributed by atoms with Crippen LogP contribution in [0.5, 0.6) is 0 Å². The number of likely N-dealkylation sites (tertiary alicyclic amines) is 1. The van der Waals surface area contributed by atoms with Gasteiger partial charge < -0.3 is 10.6 Å². The van der Waals surface area contributed by atoms with Gasteiger partial charge in [0.15, 0.2) is 0 Å². The summed E-state index contributed by atoms with van der Waals surface area (Å²) in [6.07, 6.45) is -4.70. The third kappa shape index (κ3) is 4.18. The van der Waals surface area contributed by atoms with Gasteiger partial charge in [-0.3, -0.25) is 19.3 Å². The van der Waals surface area contributed by atoms with Crippen molar-refractivity contribution >= 4 is 22.7 Å². The highest BCUT2D eigenvalue weighted by atomic mass is 19.4. The van der Waals surface area contributed by atoms with Crippen LogP contribution < -0.4 is 5.73 Å². The summed E-state index contributed by atoms with van der Waals surface area (Å²) < 4.78 is 41.7. The maximum Gasteiger partial charge on any atom is 0.523 e. The van der Waals surface area contributed by atoms with E-state index in [9.17, 15) is 28.0 Å². The zero-order valence-electron chi connectivity index (χ0n) is 16.5. The molecular weight excluding hydrogens is 413 g/mol. The lowest BCUT2D eigenvalue weighted by molar-refractivity contribution is -0.342. The lowest BCUT2D eigenvalue weighted by atomic mass is 10.0. The molecule has 2 aromatic rings. The summed E-state index contributed by atoms with van der Waals surface area (Å²) in [5.74, 6) is -0.660. The second-order valence-electron chi connectivity index (χ2n) is 7.93. The standard InChI is InChI=1S/C21H19F3N4O3/c1-10(31-21(22,23)24)11-2-3-15-16(20(26)30)7-13(27-17(15)5-11)8-19(29)28-14(9-25)4-12-6-18(12)28/h2-3,5,7,10,12,14,18H,4,6,8H2,1H3,(H2,26,30)/t10?,12-,14+,18+/m1/s1. The number of carbonyl (C=O) groups excluding carboxylic acids is 2. The van der Waals surface area contributed by atoms with E-state index in [0.717, 1.165) is 6.42 Å². The minimum Gasteiger partial charge on any atom is -0.366 e. The molecule has 1 saturated carbocycles. The van der Waals surface area contributed by atoms with Crippen molar-refractivity contribution in [1.82, 2.24) is 9.88 Å². The number of nitriles is 1. The van der Waals surface area contributed by atoms with Gasteiger partial charge in [-0.05, 0) is 43.4 Å². The first-order valence-electron chi connectivity index (χ1n) is 9.76. The number of nitrogens with zero attached hydrogens (tertiary/aromatic N) is 3. The number of rotatable bonds is 5. The monoisotopic (exact) mass is 432 g/mol. The number of primary amides is 1. The van der Waals surface area contributed by atoms with Crippen LogP contribution >= 0.6 is 0 Å². The minimum absolute atomic E-state index is 0.0696. The first-order valence-corrected chi connectivity index (χ1v) is 9.76. The zero-order valence-corrected chi connectivity index (χ0v) is 16.5. The molecule has 1 aliphatic carbocycles. The Balaban J connectivity index is 1.66. The van der Waals surface area contributed by atoms with Crippen LogP contribution in [0.3, 0.4) is 0 Å². The Labute approximate surface area is 175 Å². The molecule has 2 aliphatic rings. The third-order valence-corrected chi connectivity index (χ3v) is 5.81. The Morgan fingerprint density at radius 2 is 2.10 bits per heavy atom. The van der Waals surface area contributed by atoms with Gasteiger partial charge in [-0.25, -0.2) is 0 Å². The molecule has 2 heterocycles. The number of fused-ring (bicyclic) bond motifs is 2. The quantitative estimate of drug-likeness (QED) is 0.781. The molecule has 31 heavy (non-hydrogen) atoms. The van der Waals surface area contributed by atoms with Crippen LogP contribution in [0.15, 0.2) is 24.3 Å². The van der Waals surface area contributed by atoms with Gasteiger partial charge in [0.05, 0.1) is 35.4 Å². The lowest BCUT2D eigenvalue weighted by Gasteiger charge is -2.22. The summed E-state index contributed by atoms with van der Waals surface area (Å²) in [5.41, 5.74) is 6.29. The van der Waals surface area contributed by atoms with Gasteiger partial charge in [0.1, 0.15) is 6.04 Å². The van der Waals surface area contributed by atoms with Gasteiger partial charge in [0, 0.05) is 11.4 Å². The number of aromatic nitrogens is 1. The van der Waals surface area contributed by atoms with Crippen molar-refractivity contribution in [3.05, 3.63) is 41.1 Å². The molecule has 1 aromatic heterocycles. The fraction of sp³-hybridized carbons (Fsp3) is 0.429. The number of ether oxygens (including phenoxy) is 1. The number of carbonyl (C=O) groups is 2. The molecule has 0 spiro atoms. The van der Waals surface area contributed by atoms with Crippen molar-refractivity contribution in [2.75, 3.05) is 0 Å². The van der Waals surface area contributed by atoms with Gasteiger partial charge in [0.25, 0.3) is 0 Å². The number of amides is 2. The van der Waals surface area contributed by atoms with Gasteiger partial charge in [-0.1, -0.05) is 12.1 Å². The Kier molecular flexibility index (Phi) is 5.09. The summed E-state index contributed by atoms with van der Waals surface area (Å²) in [4.78, 5) is 30.8. The Morgan fingerprint density at radius 3 is 2.74 bits per heavy atom. The van der Waals surface area contributed by atoms with Crippen LogP contribution in [-0.2, 0) is 16.0 Å². The Bertz CT molecular complexity index is 1110. The average Bonchev–Trinajstić information content (AvgIpc) is 3.34. The number of halogens is 3. The number of pyridine rings is 1. The van der Waals surface area contributed by atoms with E-state index in [4.69, 9.17) is 5.73 Å². The van der Waals surface area contributed by atoms with E-state index < -0.39 is 24.4 Å². The van der Waals surface area contributed by atoms with E-state index in [1.807, 2.05) is 0 Å². The molecule has 1 aliphatic heterocycles. The minimum atomic E-state index is -4.80. The highest BCUT2D eigenvalue weighted by Gasteiger charge is 2.53. The molecule has 1 aromatic carbocycles. The summed E-state index contributed by atoms with van der Waals surface area (Å²) in [6, 6.07) is 7.41. The van der Waals surface area contributed by atoms with Crippen LogP contribution in [0.25, 0.3) is 10.9 Å². The van der Waals surface area contributed by atoms with E-state index in [1.165, 1.54) is 31.2 Å². The first-order chi connectivity index (χ1) is 14.6. The van der Waals surface area contributed by atoms with Gasteiger partial charge in [-0.2, -0.15) is 5.26 Å². The van der Waals surface area contributed by atoms with E-state index in [-0.39, 0.29) is 40.7 Å². The number of benzene rings is 1.